The molecule has 5 nitrogen and oxygen atoms in total. The first-order chi connectivity index (χ1) is 11.2. The Balaban J connectivity index is 0.00000208. The first kappa shape index (κ1) is 18.8. The number of nitrogens with one attached hydrogen (secondary N) is 2. The van der Waals surface area contributed by atoms with E-state index in [0.29, 0.717) is 24.7 Å². The fourth-order valence-corrected chi connectivity index (χ4v) is 3.05. The van der Waals surface area contributed by atoms with Crippen molar-refractivity contribution in [2.75, 3.05) is 19.6 Å². The molecule has 1 aromatic carbocycles. The van der Waals surface area contributed by atoms with E-state index in [-0.39, 0.29) is 18.3 Å². The number of halogens is 2. The van der Waals surface area contributed by atoms with E-state index in [1.807, 2.05) is 35.1 Å². The topological polar surface area (TPSA) is 59.0 Å². The van der Waals surface area contributed by atoms with Gasteiger partial charge in [0.15, 0.2) is 0 Å². The smallest absolute Gasteiger partial charge is 0.271 e. The molecule has 24 heavy (non-hydrogen) atoms. The molecule has 1 fully saturated rings. The van der Waals surface area contributed by atoms with Crippen LogP contribution in [0.4, 0.5) is 0 Å². The van der Waals surface area contributed by atoms with Crippen molar-refractivity contribution in [2.24, 2.45) is 0 Å². The summed E-state index contributed by atoms with van der Waals surface area (Å²) in [4.78, 5) is 12.2. The van der Waals surface area contributed by atoms with E-state index in [0.717, 1.165) is 36.5 Å². The number of carbonyl (C=O) groups excluding carboxylic acids is 1. The minimum absolute atomic E-state index is 0. The molecular weight excluding hydrogens is 347 g/mol. The van der Waals surface area contributed by atoms with E-state index in [1.165, 1.54) is 0 Å². The molecule has 1 aliphatic rings. The molecule has 2 N–H and O–H groups in total. The van der Waals surface area contributed by atoms with E-state index in [2.05, 4.69) is 15.7 Å². The van der Waals surface area contributed by atoms with E-state index >= 15 is 0 Å². The van der Waals surface area contributed by atoms with Crippen LogP contribution < -0.4 is 10.6 Å². The van der Waals surface area contributed by atoms with Gasteiger partial charge >= 0.3 is 0 Å². The summed E-state index contributed by atoms with van der Waals surface area (Å²) in [5.41, 5.74) is 1.50. The Labute approximate surface area is 153 Å². The monoisotopic (exact) mass is 368 g/mol. The molecule has 1 atom stereocenters. The van der Waals surface area contributed by atoms with Crippen LogP contribution in [0.5, 0.6) is 0 Å². The highest BCUT2D eigenvalue weighted by Crippen LogP contribution is 2.16. The van der Waals surface area contributed by atoms with Crippen LogP contribution >= 0.6 is 24.0 Å². The second-order valence-electron chi connectivity index (χ2n) is 5.78. The summed E-state index contributed by atoms with van der Waals surface area (Å²) >= 11 is 6.11. The van der Waals surface area contributed by atoms with Gasteiger partial charge in [-0.1, -0.05) is 29.8 Å². The molecule has 1 saturated heterocycles. The average Bonchev–Trinajstić information content (AvgIpc) is 3.07. The van der Waals surface area contributed by atoms with Crippen LogP contribution in [0.15, 0.2) is 36.5 Å². The van der Waals surface area contributed by atoms with Gasteiger partial charge in [0, 0.05) is 24.3 Å². The molecule has 1 aromatic heterocycles. The van der Waals surface area contributed by atoms with Crippen molar-refractivity contribution in [2.45, 2.75) is 25.3 Å². The summed E-state index contributed by atoms with van der Waals surface area (Å²) in [7, 11) is 0. The summed E-state index contributed by atoms with van der Waals surface area (Å²) < 4.78 is 1.90. The zero-order chi connectivity index (χ0) is 16.1. The lowest BCUT2D eigenvalue weighted by Gasteiger charge is -2.22. The zero-order valence-electron chi connectivity index (χ0n) is 13.4. The molecule has 2 aromatic rings. The van der Waals surface area contributed by atoms with Crippen molar-refractivity contribution in [3.05, 3.63) is 52.8 Å². The molecule has 7 heteroatoms. The predicted octanol–water partition coefficient (Wildman–Crippen LogP) is 2.86. The van der Waals surface area contributed by atoms with Crippen LogP contribution in [0, 0.1) is 0 Å². The molecule has 1 unspecified atom stereocenters. The van der Waals surface area contributed by atoms with Crippen molar-refractivity contribution in [1.82, 2.24) is 20.4 Å². The van der Waals surface area contributed by atoms with Gasteiger partial charge in [-0.05, 0) is 43.5 Å². The third kappa shape index (κ3) is 4.72. The first-order valence-electron chi connectivity index (χ1n) is 8.01. The molecule has 0 aliphatic carbocycles. The summed E-state index contributed by atoms with van der Waals surface area (Å²) in [6, 6.07) is 9.80. The standard InChI is InChI=1S/C17H21ClN4O.ClH/c18-15-6-2-1-4-13(15)7-10-20-17(23)16-8-11-22(21-16)14-5-3-9-19-12-14;/h1-2,4,6,8,11,14,19H,3,5,7,9-10,12H2,(H,20,23);1H. The Morgan fingerprint density at radius 1 is 1.38 bits per heavy atom. The highest BCUT2D eigenvalue weighted by molar-refractivity contribution is 6.31. The Hall–Kier alpha value is -1.56. The molecule has 3 rings (SSSR count). The van der Waals surface area contributed by atoms with Gasteiger partial charge < -0.3 is 10.6 Å². The number of hydrogen-bond acceptors (Lipinski definition) is 3. The van der Waals surface area contributed by atoms with Crippen LogP contribution in [0.25, 0.3) is 0 Å². The van der Waals surface area contributed by atoms with Gasteiger partial charge in [0.05, 0.1) is 6.04 Å². The van der Waals surface area contributed by atoms with Crippen molar-refractivity contribution in [1.29, 1.82) is 0 Å². The van der Waals surface area contributed by atoms with E-state index in [4.69, 9.17) is 11.6 Å². The number of carbonyl (C=O) groups is 1. The number of hydrogen-bond donors (Lipinski definition) is 2. The zero-order valence-corrected chi connectivity index (χ0v) is 14.9. The second-order valence-corrected chi connectivity index (χ2v) is 6.19. The molecular formula is C17H22Cl2N4O. The summed E-state index contributed by atoms with van der Waals surface area (Å²) in [6.07, 6.45) is 4.84. The molecule has 0 bridgehead atoms. The highest BCUT2D eigenvalue weighted by atomic mass is 35.5. The summed E-state index contributed by atoms with van der Waals surface area (Å²) in [6.45, 7) is 2.52. The normalized spacial score (nSPS) is 17.1. The van der Waals surface area contributed by atoms with Crippen LogP contribution in [0.2, 0.25) is 5.02 Å². The van der Waals surface area contributed by atoms with Gasteiger partial charge in [-0.2, -0.15) is 5.10 Å². The molecule has 0 spiro atoms. The molecule has 1 aliphatic heterocycles. The molecule has 0 radical (unpaired) electrons. The number of aromatic nitrogens is 2. The third-order valence-corrected chi connectivity index (χ3v) is 4.49. The van der Waals surface area contributed by atoms with Crippen molar-refractivity contribution < 1.29 is 4.79 Å². The van der Waals surface area contributed by atoms with Crippen molar-refractivity contribution >= 4 is 29.9 Å². The SMILES string of the molecule is Cl.O=C(NCCc1ccccc1Cl)c1ccn(C2CCCNC2)n1. The minimum Gasteiger partial charge on any atom is -0.350 e. The van der Waals surface area contributed by atoms with E-state index < -0.39 is 0 Å². The van der Waals surface area contributed by atoms with E-state index in [1.54, 1.807) is 6.07 Å². The Morgan fingerprint density at radius 3 is 2.96 bits per heavy atom. The quantitative estimate of drug-likeness (QED) is 0.852. The van der Waals surface area contributed by atoms with Gasteiger partial charge in [0.1, 0.15) is 5.69 Å². The largest absolute Gasteiger partial charge is 0.350 e. The predicted molar refractivity (Wildman–Crippen MR) is 98.1 cm³/mol. The minimum atomic E-state index is -0.139. The van der Waals surface area contributed by atoms with E-state index in [9.17, 15) is 4.79 Å². The number of amides is 1. The molecule has 0 saturated carbocycles. The summed E-state index contributed by atoms with van der Waals surface area (Å²) in [5.74, 6) is -0.139. The Bertz CT molecular complexity index is 668. The fraction of sp³-hybridized carbons (Fsp3) is 0.412. The number of piperidine rings is 1. The average molecular weight is 369 g/mol. The number of nitrogens with zero attached hydrogens (tertiary/aromatic N) is 2. The lowest BCUT2D eigenvalue weighted by molar-refractivity contribution is 0.0948. The Morgan fingerprint density at radius 2 is 2.21 bits per heavy atom. The van der Waals surface area contributed by atoms with Gasteiger partial charge in [-0.15, -0.1) is 12.4 Å². The maximum absolute atomic E-state index is 12.2. The first-order valence-corrected chi connectivity index (χ1v) is 8.39. The fourth-order valence-electron chi connectivity index (χ4n) is 2.82. The van der Waals surface area contributed by atoms with Gasteiger partial charge in [-0.3, -0.25) is 9.48 Å². The summed E-state index contributed by atoms with van der Waals surface area (Å²) in [5, 5.41) is 11.4. The highest BCUT2D eigenvalue weighted by Gasteiger charge is 2.17. The number of benzene rings is 1. The third-order valence-electron chi connectivity index (χ3n) is 4.12. The van der Waals surface area contributed by atoms with Crippen LogP contribution in [0.1, 0.15) is 34.9 Å². The Kier molecular flexibility index (Phi) is 7.09. The lowest BCUT2D eigenvalue weighted by atomic mass is 10.1. The maximum Gasteiger partial charge on any atom is 0.271 e. The lowest BCUT2D eigenvalue weighted by Crippen LogP contribution is -2.32. The second kappa shape index (κ2) is 9.06. The van der Waals surface area contributed by atoms with Gasteiger partial charge in [-0.25, -0.2) is 0 Å². The molecule has 1 amide bonds. The van der Waals surface area contributed by atoms with Crippen molar-refractivity contribution in [3.8, 4) is 0 Å². The van der Waals surface area contributed by atoms with Crippen molar-refractivity contribution in [3.63, 3.8) is 0 Å². The van der Waals surface area contributed by atoms with Crippen LogP contribution in [0.3, 0.4) is 0 Å². The maximum atomic E-state index is 12.2. The van der Waals surface area contributed by atoms with Gasteiger partial charge in [0.25, 0.3) is 5.91 Å². The van der Waals surface area contributed by atoms with Crippen LogP contribution in [-0.2, 0) is 6.42 Å². The molecule has 2 heterocycles. The van der Waals surface area contributed by atoms with Crippen LogP contribution in [-0.4, -0.2) is 35.3 Å². The molecule has 130 valence electrons. The number of rotatable bonds is 5. The van der Waals surface area contributed by atoms with Gasteiger partial charge in [0.2, 0.25) is 0 Å².